The van der Waals surface area contributed by atoms with E-state index in [1.54, 1.807) is 20.5 Å². The highest BCUT2D eigenvalue weighted by Gasteiger charge is 2.15. The Hall–Kier alpha value is -1.88. The lowest BCUT2D eigenvalue weighted by Crippen LogP contribution is -1.99. The summed E-state index contributed by atoms with van der Waals surface area (Å²) in [6, 6.07) is 5.76. The molecule has 4 nitrogen and oxygen atoms in total. The molecule has 0 fully saturated rings. The molecule has 0 aliphatic carbocycles. The Kier molecular flexibility index (Phi) is 4.16. The fourth-order valence-corrected chi connectivity index (χ4v) is 2.38. The first kappa shape index (κ1) is 13.5. The summed E-state index contributed by atoms with van der Waals surface area (Å²) in [5.41, 5.74) is 2.86. The zero-order chi connectivity index (χ0) is 13.8. The quantitative estimate of drug-likeness (QED) is 0.870. The Morgan fingerprint density at radius 1 is 1.26 bits per heavy atom. The summed E-state index contributed by atoms with van der Waals surface area (Å²) in [5.74, 6) is 1.38. The van der Waals surface area contributed by atoms with Crippen LogP contribution in [-0.2, 0) is 6.42 Å². The number of H-pyrrole nitrogens is 1. The van der Waals surface area contributed by atoms with Gasteiger partial charge < -0.3 is 14.5 Å². The van der Waals surface area contributed by atoms with Crippen LogP contribution in [-0.4, -0.2) is 24.2 Å². The maximum Gasteiger partial charge on any atom is 0.170 e. The average Bonchev–Trinajstić information content (AvgIpc) is 2.45. The van der Waals surface area contributed by atoms with Crippen LogP contribution in [0.1, 0.15) is 12.5 Å². The van der Waals surface area contributed by atoms with E-state index in [0.717, 1.165) is 23.2 Å². The number of aromatic nitrogens is 2. The molecular formula is C14H16N2O2S. The lowest BCUT2D eigenvalue weighted by atomic mass is 10.0. The standard InChI is InChI=1S/C14H16N2O2S/c1-4-9-12(15-8-16-14(9)19)10-6-5-7-11(17-2)13(10)18-3/h5-8H,4H2,1-3H3,(H,15,16,19). The average molecular weight is 276 g/mol. The number of hydrogen-bond acceptors (Lipinski definition) is 4. The third-order valence-corrected chi connectivity index (χ3v) is 3.33. The van der Waals surface area contributed by atoms with Gasteiger partial charge in [-0.3, -0.25) is 0 Å². The maximum atomic E-state index is 5.46. The maximum absolute atomic E-state index is 5.46. The van der Waals surface area contributed by atoms with Gasteiger partial charge in [-0.15, -0.1) is 0 Å². The normalized spacial score (nSPS) is 10.3. The third kappa shape index (κ3) is 2.46. The fourth-order valence-electron chi connectivity index (χ4n) is 2.08. The van der Waals surface area contributed by atoms with Crippen LogP contribution in [0.25, 0.3) is 11.3 Å². The molecule has 1 heterocycles. The Morgan fingerprint density at radius 3 is 2.68 bits per heavy atom. The molecule has 0 bridgehead atoms. The van der Waals surface area contributed by atoms with Crippen LogP contribution >= 0.6 is 12.2 Å². The van der Waals surface area contributed by atoms with Crippen LogP contribution in [0, 0.1) is 4.64 Å². The summed E-state index contributed by atoms with van der Waals surface area (Å²) in [6.07, 6.45) is 2.41. The van der Waals surface area contributed by atoms with E-state index in [2.05, 4.69) is 16.9 Å². The zero-order valence-electron chi connectivity index (χ0n) is 11.2. The van der Waals surface area contributed by atoms with Gasteiger partial charge in [0.05, 0.1) is 26.2 Å². The van der Waals surface area contributed by atoms with E-state index >= 15 is 0 Å². The number of nitrogens with one attached hydrogen (secondary N) is 1. The second-order valence-corrected chi connectivity index (χ2v) is 4.34. The zero-order valence-corrected chi connectivity index (χ0v) is 12.0. The molecule has 0 amide bonds. The summed E-state index contributed by atoms with van der Waals surface area (Å²) in [6.45, 7) is 2.05. The number of benzene rings is 1. The third-order valence-electron chi connectivity index (χ3n) is 2.98. The second kappa shape index (κ2) is 5.84. The van der Waals surface area contributed by atoms with Crippen LogP contribution in [0.2, 0.25) is 0 Å². The summed E-state index contributed by atoms with van der Waals surface area (Å²) in [7, 11) is 3.25. The Morgan fingerprint density at radius 2 is 2.05 bits per heavy atom. The van der Waals surface area contributed by atoms with E-state index in [0.29, 0.717) is 16.1 Å². The molecule has 0 spiro atoms. The van der Waals surface area contributed by atoms with Crippen molar-refractivity contribution in [2.24, 2.45) is 0 Å². The van der Waals surface area contributed by atoms with Crippen LogP contribution in [0.3, 0.4) is 0 Å². The molecular weight excluding hydrogens is 260 g/mol. The number of ether oxygens (including phenoxy) is 2. The lowest BCUT2D eigenvalue weighted by molar-refractivity contribution is 0.356. The summed E-state index contributed by atoms with van der Waals surface area (Å²) in [5, 5.41) is 0. The van der Waals surface area contributed by atoms with Crippen LogP contribution < -0.4 is 9.47 Å². The molecule has 1 aromatic carbocycles. The van der Waals surface area contributed by atoms with E-state index in [4.69, 9.17) is 21.7 Å². The smallest absolute Gasteiger partial charge is 0.170 e. The van der Waals surface area contributed by atoms with Crippen molar-refractivity contribution in [3.63, 3.8) is 0 Å². The highest BCUT2D eigenvalue weighted by molar-refractivity contribution is 7.71. The van der Waals surface area contributed by atoms with Crippen molar-refractivity contribution in [2.45, 2.75) is 13.3 Å². The number of methoxy groups -OCH3 is 2. The minimum absolute atomic E-state index is 0.612. The number of para-hydroxylation sites is 1. The Balaban J connectivity index is 2.72. The van der Waals surface area contributed by atoms with Crippen molar-refractivity contribution in [3.8, 4) is 22.8 Å². The van der Waals surface area contributed by atoms with Crippen LogP contribution in [0.5, 0.6) is 11.5 Å². The largest absolute Gasteiger partial charge is 0.493 e. The van der Waals surface area contributed by atoms with Crippen LogP contribution in [0.15, 0.2) is 24.5 Å². The predicted octanol–water partition coefficient (Wildman–Crippen LogP) is 3.39. The number of hydrogen-bond donors (Lipinski definition) is 1. The summed E-state index contributed by atoms with van der Waals surface area (Å²) >= 11 is 5.28. The topological polar surface area (TPSA) is 47.1 Å². The van der Waals surface area contributed by atoms with Crippen molar-refractivity contribution in [1.82, 2.24) is 9.97 Å². The van der Waals surface area contributed by atoms with Gasteiger partial charge in [0.1, 0.15) is 4.64 Å². The molecule has 100 valence electrons. The van der Waals surface area contributed by atoms with Gasteiger partial charge in [0, 0.05) is 11.1 Å². The molecule has 0 saturated carbocycles. The molecule has 2 aromatic rings. The van der Waals surface area contributed by atoms with Gasteiger partial charge in [-0.05, 0) is 18.6 Å². The van der Waals surface area contributed by atoms with Gasteiger partial charge in [0.25, 0.3) is 0 Å². The molecule has 0 atom stereocenters. The minimum Gasteiger partial charge on any atom is -0.493 e. The van der Waals surface area contributed by atoms with Crippen molar-refractivity contribution in [2.75, 3.05) is 14.2 Å². The van der Waals surface area contributed by atoms with Gasteiger partial charge in [-0.25, -0.2) is 4.98 Å². The van der Waals surface area contributed by atoms with Gasteiger partial charge in [-0.1, -0.05) is 25.2 Å². The molecule has 1 aromatic heterocycles. The first-order valence-electron chi connectivity index (χ1n) is 6.00. The van der Waals surface area contributed by atoms with E-state index < -0.39 is 0 Å². The van der Waals surface area contributed by atoms with E-state index in [-0.39, 0.29) is 0 Å². The van der Waals surface area contributed by atoms with Crippen molar-refractivity contribution >= 4 is 12.2 Å². The number of aromatic amines is 1. The first-order valence-corrected chi connectivity index (χ1v) is 6.41. The monoisotopic (exact) mass is 276 g/mol. The second-order valence-electron chi connectivity index (χ2n) is 3.96. The molecule has 0 aliphatic heterocycles. The summed E-state index contributed by atoms with van der Waals surface area (Å²) in [4.78, 5) is 7.28. The van der Waals surface area contributed by atoms with E-state index in [9.17, 15) is 0 Å². The molecule has 0 aliphatic rings. The first-order chi connectivity index (χ1) is 9.22. The molecule has 5 heteroatoms. The van der Waals surface area contributed by atoms with E-state index in [1.807, 2.05) is 18.2 Å². The fraction of sp³-hybridized carbons (Fsp3) is 0.286. The van der Waals surface area contributed by atoms with E-state index in [1.165, 1.54) is 0 Å². The van der Waals surface area contributed by atoms with Crippen LogP contribution in [0.4, 0.5) is 0 Å². The Bertz CT molecular complexity index is 638. The molecule has 0 unspecified atom stereocenters. The SMILES string of the molecule is CCc1c(-c2cccc(OC)c2OC)[nH]cnc1=S. The summed E-state index contributed by atoms with van der Waals surface area (Å²) < 4.78 is 11.4. The van der Waals surface area contributed by atoms with Crippen molar-refractivity contribution < 1.29 is 9.47 Å². The van der Waals surface area contributed by atoms with Gasteiger partial charge in [0.2, 0.25) is 0 Å². The van der Waals surface area contributed by atoms with Gasteiger partial charge in [0.15, 0.2) is 11.5 Å². The lowest BCUT2D eigenvalue weighted by Gasteiger charge is -2.14. The molecule has 0 radical (unpaired) electrons. The Labute approximate surface area is 117 Å². The van der Waals surface area contributed by atoms with Gasteiger partial charge in [-0.2, -0.15) is 0 Å². The van der Waals surface area contributed by atoms with Crippen molar-refractivity contribution in [1.29, 1.82) is 0 Å². The highest BCUT2D eigenvalue weighted by atomic mass is 32.1. The highest BCUT2D eigenvalue weighted by Crippen LogP contribution is 2.38. The molecule has 2 rings (SSSR count). The molecule has 19 heavy (non-hydrogen) atoms. The number of rotatable bonds is 4. The van der Waals surface area contributed by atoms with Crippen molar-refractivity contribution in [3.05, 3.63) is 34.7 Å². The predicted molar refractivity (Wildman–Crippen MR) is 77.3 cm³/mol. The molecule has 1 N–H and O–H groups in total. The minimum atomic E-state index is 0.612. The molecule has 0 saturated heterocycles. The van der Waals surface area contributed by atoms with Gasteiger partial charge >= 0.3 is 0 Å². The number of nitrogens with zero attached hydrogens (tertiary/aromatic N) is 1.